The lowest BCUT2D eigenvalue weighted by atomic mass is 10.2. The lowest BCUT2D eigenvalue weighted by molar-refractivity contribution is -0.132. The molecule has 1 fully saturated rings. The number of para-hydroxylation sites is 1. The fourth-order valence-corrected chi connectivity index (χ4v) is 4.50. The predicted molar refractivity (Wildman–Crippen MR) is 126 cm³/mol. The van der Waals surface area contributed by atoms with Gasteiger partial charge in [0.05, 0.1) is 18.6 Å². The molecule has 2 aromatic rings. The molecule has 0 atom stereocenters. The lowest BCUT2D eigenvalue weighted by Crippen LogP contribution is -2.37. The summed E-state index contributed by atoms with van der Waals surface area (Å²) in [7, 11) is 1.58. The topological polar surface area (TPSA) is 70.1 Å². The van der Waals surface area contributed by atoms with Crippen LogP contribution in [0.3, 0.4) is 0 Å². The van der Waals surface area contributed by atoms with Crippen LogP contribution in [0.2, 0.25) is 0 Å². The standard InChI is InChI=1S/C23H24N2O4S2/c1-29-19-10-6-5-9-18(19)15-20-22(28)25(23(30)31-20)12-11-21(27)24(13-14-26)16-17-7-3-2-4-8-17/h2-10,15,26H,11-14,16H2,1H3. The van der Waals surface area contributed by atoms with Crippen molar-refractivity contribution in [2.24, 2.45) is 0 Å². The molecule has 1 N–H and O–H groups in total. The summed E-state index contributed by atoms with van der Waals surface area (Å²) in [5, 5.41) is 9.34. The zero-order chi connectivity index (χ0) is 22.2. The number of hydrogen-bond donors (Lipinski definition) is 1. The third kappa shape index (κ3) is 5.94. The Bertz CT molecular complexity index is 979. The quantitative estimate of drug-likeness (QED) is 0.461. The monoisotopic (exact) mass is 456 g/mol. The van der Waals surface area contributed by atoms with Crippen molar-refractivity contribution in [2.75, 3.05) is 26.8 Å². The summed E-state index contributed by atoms with van der Waals surface area (Å²) >= 11 is 6.59. The van der Waals surface area contributed by atoms with Crippen molar-refractivity contribution in [3.63, 3.8) is 0 Å². The predicted octanol–water partition coefficient (Wildman–Crippen LogP) is 3.31. The minimum Gasteiger partial charge on any atom is -0.496 e. The van der Waals surface area contributed by atoms with Crippen molar-refractivity contribution in [3.05, 3.63) is 70.6 Å². The maximum Gasteiger partial charge on any atom is 0.266 e. The number of rotatable bonds is 9. The van der Waals surface area contributed by atoms with E-state index in [1.54, 1.807) is 18.1 Å². The Morgan fingerprint density at radius 1 is 1.19 bits per heavy atom. The van der Waals surface area contributed by atoms with Crippen LogP contribution in [0.1, 0.15) is 17.5 Å². The molecule has 2 amide bonds. The van der Waals surface area contributed by atoms with E-state index in [4.69, 9.17) is 17.0 Å². The van der Waals surface area contributed by atoms with Crippen LogP contribution in [0.4, 0.5) is 0 Å². The van der Waals surface area contributed by atoms with Gasteiger partial charge < -0.3 is 14.7 Å². The molecule has 0 radical (unpaired) electrons. The highest BCUT2D eigenvalue weighted by molar-refractivity contribution is 8.26. The van der Waals surface area contributed by atoms with Gasteiger partial charge in [0.2, 0.25) is 5.91 Å². The number of ether oxygens (including phenoxy) is 1. The third-order valence-electron chi connectivity index (χ3n) is 4.79. The fourth-order valence-electron chi connectivity index (χ4n) is 3.20. The number of benzene rings is 2. The smallest absolute Gasteiger partial charge is 0.266 e. The number of amides is 2. The van der Waals surface area contributed by atoms with Gasteiger partial charge in [-0.25, -0.2) is 0 Å². The number of carbonyl (C=O) groups excluding carboxylic acids is 2. The minimum absolute atomic E-state index is 0.124. The molecule has 0 aromatic heterocycles. The molecule has 0 aliphatic carbocycles. The summed E-state index contributed by atoms with van der Waals surface area (Å²) < 4.78 is 5.77. The van der Waals surface area contributed by atoms with Gasteiger partial charge in [-0.3, -0.25) is 14.5 Å². The van der Waals surface area contributed by atoms with Crippen LogP contribution in [-0.4, -0.2) is 57.8 Å². The van der Waals surface area contributed by atoms with Gasteiger partial charge in [-0.1, -0.05) is 72.5 Å². The molecule has 0 spiro atoms. The SMILES string of the molecule is COc1ccccc1C=C1SC(=S)N(CCC(=O)N(CCO)Cc2ccccc2)C1=O. The van der Waals surface area contributed by atoms with E-state index in [2.05, 4.69) is 0 Å². The van der Waals surface area contributed by atoms with Crippen molar-refractivity contribution in [1.29, 1.82) is 0 Å². The number of carbonyl (C=O) groups is 2. The molecule has 1 saturated heterocycles. The van der Waals surface area contributed by atoms with Gasteiger partial charge in [0, 0.05) is 31.6 Å². The van der Waals surface area contributed by atoms with Crippen LogP contribution in [-0.2, 0) is 16.1 Å². The maximum absolute atomic E-state index is 12.9. The molecule has 1 heterocycles. The van der Waals surface area contributed by atoms with Gasteiger partial charge >= 0.3 is 0 Å². The van der Waals surface area contributed by atoms with Crippen molar-refractivity contribution < 1.29 is 19.4 Å². The summed E-state index contributed by atoms with van der Waals surface area (Å²) in [5.74, 6) is 0.314. The highest BCUT2D eigenvalue weighted by atomic mass is 32.2. The molecule has 0 saturated carbocycles. The van der Waals surface area contributed by atoms with Crippen LogP contribution in [0.15, 0.2) is 59.5 Å². The van der Waals surface area contributed by atoms with Gasteiger partial charge in [0.1, 0.15) is 10.1 Å². The normalized spacial score (nSPS) is 14.9. The summed E-state index contributed by atoms with van der Waals surface area (Å²) in [6.45, 7) is 0.719. The number of aliphatic hydroxyl groups is 1. The summed E-state index contributed by atoms with van der Waals surface area (Å²) in [6.07, 6.45) is 1.88. The maximum atomic E-state index is 12.9. The Hall–Kier alpha value is -2.68. The molecule has 0 bridgehead atoms. The van der Waals surface area contributed by atoms with E-state index >= 15 is 0 Å². The van der Waals surface area contributed by atoms with E-state index in [1.807, 2.05) is 54.6 Å². The number of methoxy groups -OCH3 is 1. The van der Waals surface area contributed by atoms with E-state index in [1.165, 1.54) is 16.7 Å². The second-order valence-electron chi connectivity index (χ2n) is 6.85. The van der Waals surface area contributed by atoms with Crippen LogP contribution < -0.4 is 4.74 Å². The fraction of sp³-hybridized carbons (Fsp3) is 0.261. The van der Waals surface area contributed by atoms with Crippen molar-refractivity contribution in [1.82, 2.24) is 9.80 Å². The van der Waals surface area contributed by atoms with Gasteiger partial charge in [-0.05, 0) is 17.7 Å². The molecule has 31 heavy (non-hydrogen) atoms. The molecule has 162 valence electrons. The van der Waals surface area contributed by atoms with Crippen molar-refractivity contribution in [3.8, 4) is 5.75 Å². The Kier molecular flexibility index (Phi) is 8.22. The Morgan fingerprint density at radius 2 is 1.90 bits per heavy atom. The van der Waals surface area contributed by atoms with Crippen molar-refractivity contribution in [2.45, 2.75) is 13.0 Å². The molecule has 2 aromatic carbocycles. The van der Waals surface area contributed by atoms with E-state index in [-0.39, 0.29) is 37.9 Å². The van der Waals surface area contributed by atoms with E-state index in [9.17, 15) is 14.7 Å². The van der Waals surface area contributed by atoms with E-state index in [0.717, 1.165) is 11.1 Å². The average molecular weight is 457 g/mol. The molecule has 8 heteroatoms. The Balaban J connectivity index is 1.65. The summed E-state index contributed by atoms with van der Waals surface area (Å²) in [5.41, 5.74) is 1.77. The highest BCUT2D eigenvalue weighted by Crippen LogP contribution is 2.34. The second kappa shape index (κ2) is 11.1. The van der Waals surface area contributed by atoms with Gasteiger partial charge in [0.15, 0.2) is 0 Å². The van der Waals surface area contributed by atoms with Crippen LogP contribution in [0.5, 0.6) is 5.75 Å². The molecule has 0 unspecified atom stereocenters. The zero-order valence-electron chi connectivity index (χ0n) is 17.2. The van der Waals surface area contributed by atoms with E-state index < -0.39 is 0 Å². The largest absolute Gasteiger partial charge is 0.496 e. The molecule has 3 rings (SSSR count). The van der Waals surface area contributed by atoms with Crippen LogP contribution in [0, 0.1) is 0 Å². The van der Waals surface area contributed by atoms with Gasteiger partial charge in [0.25, 0.3) is 5.91 Å². The van der Waals surface area contributed by atoms with E-state index in [0.29, 0.717) is 21.5 Å². The van der Waals surface area contributed by atoms with Crippen LogP contribution >= 0.6 is 24.0 Å². The Labute approximate surface area is 191 Å². The molecule has 1 aliphatic rings. The highest BCUT2D eigenvalue weighted by Gasteiger charge is 2.32. The first-order chi connectivity index (χ1) is 15.0. The van der Waals surface area contributed by atoms with Gasteiger partial charge in [-0.15, -0.1) is 0 Å². The second-order valence-corrected chi connectivity index (χ2v) is 8.53. The molecule has 6 nitrogen and oxygen atoms in total. The number of thioether (sulfide) groups is 1. The first kappa shape index (κ1) is 23.0. The number of aliphatic hydroxyl groups excluding tert-OH is 1. The molecule has 1 aliphatic heterocycles. The zero-order valence-corrected chi connectivity index (χ0v) is 18.8. The minimum atomic E-state index is -0.217. The molecular formula is C23H24N2O4S2. The first-order valence-electron chi connectivity index (χ1n) is 9.84. The van der Waals surface area contributed by atoms with Gasteiger partial charge in [-0.2, -0.15) is 0 Å². The lowest BCUT2D eigenvalue weighted by Gasteiger charge is -2.23. The number of nitrogens with zero attached hydrogens (tertiary/aromatic N) is 2. The molecular weight excluding hydrogens is 432 g/mol. The number of thiocarbonyl (C=S) groups is 1. The van der Waals surface area contributed by atoms with Crippen LogP contribution in [0.25, 0.3) is 6.08 Å². The average Bonchev–Trinajstić information content (AvgIpc) is 3.05. The Morgan fingerprint density at radius 3 is 2.61 bits per heavy atom. The first-order valence-corrected chi connectivity index (χ1v) is 11.1. The third-order valence-corrected chi connectivity index (χ3v) is 6.17. The van der Waals surface area contributed by atoms with Crippen molar-refractivity contribution >= 4 is 46.2 Å². The summed E-state index contributed by atoms with van der Waals surface area (Å²) in [4.78, 5) is 29.2. The summed E-state index contributed by atoms with van der Waals surface area (Å²) in [6, 6.07) is 17.0. The number of hydrogen-bond acceptors (Lipinski definition) is 6.